The predicted octanol–water partition coefficient (Wildman–Crippen LogP) is 1.48. The van der Waals surface area contributed by atoms with Crippen LogP contribution in [0.1, 0.15) is 38.5 Å². The molecule has 0 saturated heterocycles. The van der Waals surface area contributed by atoms with Gasteiger partial charge >= 0.3 is 0 Å². The Bertz CT molecular complexity index is 275. The Morgan fingerprint density at radius 1 is 1.07 bits per heavy atom. The summed E-state index contributed by atoms with van der Waals surface area (Å²) in [5.74, 6) is 2.27. The van der Waals surface area contributed by atoms with Crippen LogP contribution in [0.3, 0.4) is 0 Å². The molecular weight excluding hydrogens is 190 g/mol. The maximum absolute atomic E-state index is 12.0. The Balaban J connectivity index is 1.86. The quantitative estimate of drug-likeness (QED) is 0.697. The van der Waals surface area contributed by atoms with Crippen LogP contribution < -0.4 is 5.32 Å². The van der Waals surface area contributed by atoms with E-state index in [0.717, 1.165) is 37.0 Å². The van der Waals surface area contributed by atoms with E-state index >= 15 is 0 Å². The lowest BCUT2D eigenvalue weighted by molar-refractivity contribution is -0.147. The summed E-state index contributed by atoms with van der Waals surface area (Å²) >= 11 is 0. The van der Waals surface area contributed by atoms with Crippen molar-refractivity contribution in [2.75, 3.05) is 0 Å². The number of amides is 2. The number of imide groups is 1. The maximum atomic E-state index is 12.0. The fourth-order valence-corrected chi connectivity index (χ4v) is 4.60. The fraction of sp³-hybridized carbons (Fsp3) is 0.833. The third kappa shape index (κ3) is 1.32. The van der Waals surface area contributed by atoms with Crippen molar-refractivity contribution in [2.45, 2.75) is 38.5 Å². The van der Waals surface area contributed by atoms with Crippen molar-refractivity contribution < 1.29 is 9.59 Å². The molecule has 82 valence electrons. The minimum Gasteiger partial charge on any atom is -0.299 e. The predicted molar refractivity (Wildman–Crippen MR) is 54.8 cm³/mol. The van der Waals surface area contributed by atoms with E-state index in [1.165, 1.54) is 19.3 Å². The molecule has 0 aromatic rings. The lowest BCUT2D eigenvalue weighted by Crippen LogP contribution is -2.53. The highest BCUT2D eigenvalue weighted by atomic mass is 16.2. The smallest absolute Gasteiger partial charge is 0.232 e. The zero-order valence-electron chi connectivity index (χ0n) is 8.87. The van der Waals surface area contributed by atoms with Crippen LogP contribution in [0.15, 0.2) is 0 Å². The summed E-state index contributed by atoms with van der Waals surface area (Å²) in [6.07, 6.45) is 7.60. The monoisotopic (exact) mass is 207 g/mol. The van der Waals surface area contributed by atoms with E-state index in [0.29, 0.717) is 6.41 Å². The number of nitrogens with one attached hydrogen (secondary N) is 1. The molecule has 0 heterocycles. The van der Waals surface area contributed by atoms with E-state index in [-0.39, 0.29) is 11.3 Å². The van der Waals surface area contributed by atoms with Gasteiger partial charge in [0.25, 0.3) is 0 Å². The molecule has 4 fully saturated rings. The Kier molecular flexibility index (Phi) is 1.91. The van der Waals surface area contributed by atoms with E-state index in [2.05, 4.69) is 5.32 Å². The van der Waals surface area contributed by atoms with E-state index in [4.69, 9.17) is 0 Å². The molecular formula is C12H17NO2. The van der Waals surface area contributed by atoms with Crippen molar-refractivity contribution in [3.8, 4) is 0 Å². The number of carbonyl (C=O) groups is 2. The van der Waals surface area contributed by atoms with E-state index < -0.39 is 0 Å². The second-order valence-electron chi connectivity index (χ2n) is 5.79. The maximum Gasteiger partial charge on any atom is 0.232 e. The van der Waals surface area contributed by atoms with Gasteiger partial charge in [-0.3, -0.25) is 14.9 Å². The zero-order chi connectivity index (χ0) is 10.5. The fourth-order valence-electron chi connectivity index (χ4n) is 4.60. The summed E-state index contributed by atoms with van der Waals surface area (Å²) in [5.41, 5.74) is -0.171. The molecule has 0 aliphatic heterocycles. The summed E-state index contributed by atoms with van der Waals surface area (Å²) in [5, 5.41) is 2.38. The lowest BCUT2D eigenvalue weighted by atomic mass is 9.49. The van der Waals surface area contributed by atoms with Gasteiger partial charge in [-0.25, -0.2) is 0 Å². The number of rotatable bonds is 2. The zero-order valence-corrected chi connectivity index (χ0v) is 8.87. The Morgan fingerprint density at radius 2 is 1.53 bits per heavy atom. The van der Waals surface area contributed by atoms with Crippen molar-refractivity contribution in [1.82, 2.24) is 5.32 Å². The molecule has 4 aliphatic carbocycles. The highest BCUT2D eigenvalue weighted by molar-refractivity contribution is 5.90. The van der Waals surface area contributed by atoms with Crippen molar-refractivity contribution in [3.63, 3.8) is 0 Å². The molecule has 0 spiro atoms. The highest BCUT2D eigenvalue weighted by Crippen LogP contribution is 2.59. The first-order valence-corrected chi connectivity index (χ1v) is 5.96. The lowest BCUT2D eigenvalue weighted by Gasteiger charge is -2.55. The molecule has 3 nitrogen and oxygen atoms in total. The molecule has 4 saturated carbocycles. The first-order chi connectivity index (χ1) is 7.22. The van der Waals surface area contributed by atoms with Crippen molar-refractivity contribution in [1.29, 1.82) is 0 Å². The second kappa shape index (κ2) is 3.06. The van der Waals surface area contributed by atoms with Gasteiger partial charge in [-0.2, -0.15) is 0 Å². The minimum absolute atomic E-state index is 0.00315. The standard InChI is InChI=1S/C12H17NO2/c14-7-13-11(15)12-4-8-1-9(5-12)3-10(2-8)6-12/h7-10H,1-6H2,(H,13,14,15). The highest BCUT2D eigenvalue weighted by Gasteiger charge is 2.54. The van der Waals surface area contributed by atoms with Gasteiger partial charge in [0.1, 0.15) is 0 Å². The largest absolute Gasteiger partial charge is 0.299 e. The Hall–Kier alpha value is -0.860. The molecule has 15 heavy (non-hydrogen) atoms. The summed E-state index contributed by atoms with van der Waals surface area (Å²) < 4.78 is 0. The van der Waals surface area contributed by atoms with Gasteiger partial charge in [0.05, 0.1) is 5.41 Å². The second-order valence-corrected chi connectivity index (χ2v) is 5.79. The van der Waals surface area contributed by atoms with Gasteiger partial charge in [0.15, 0.2) is 0 Å². The third-order valence-corrected chi connectivity index (χ3v) is 4.71. The molecule has 4 aliphatic rings. The first-order valence-electron chi connectivity index (χ1n) is 5.96. The van der Waals surface area contributed by atoms with Gasteiger partial charge in [-0.15, -0.1) is 0 Å². The van der Waals surface area contributed by atoms with Gasteiger partial charge in [0.2, 0.25) is 12.3 Å². The van der Waals surface area contributed by atoms with Crippen LogP contribution in [0, 0.1) is 23.2 Å². The van der Waals surface area contributed by atoms with Crippen molar-refractivity contribution in [2.24, 2.45) is 23.2 Å². The summed E-state index contributed by atoms with van der Waals surface area (Å²) in [6, 6.07) is 0. The van der Waals surface area contributed by atoms with Crippen LogP contribution in [0.5, 0.6) is 0 Å². The number of hydrogen-bond donors (Lipinski definition) is 1. The van der Waals surface area contributed by atoms with Gasteiger partial charge < -0.3 is 0 Å². The SMILES string of the molecule is O=CNC(=O)C12CC3CC(CC(C3)C1)C2. The van der Waals surface area contributed by atoms with Crippen LogP contribution in [-0.4, -0.2) is 12.3 Å². The van der Waals surface area contributed by atoms with Gasteiger partial charge in [0, 0.05) is 0 Å². The molecule has 0 atom stereocenters. The normalized spacial score (nSPS) is 46.5. The Labute approximate surface area is 89.6 Å². The van der Waals surface area contributed by atoms with Crippen LogP contribution in [0.4, 0.5) is 0 Å². The average Bonchev–Trinajstić information content (AvgIpc) is 2.15. The average molecular weight is 207 g/mol. The first kappa shape index (κ1) is 9.37. The number of carbonyl (C=O) groups excluding carboxylic acids is 2. The van der Waals surface area contributed by atoms with Crippen LogP contribution in [0.25, 0.3) is 0 Å². The van der Waals surface area contributed by atoms with Crippen molar-refractivity contribution in [3.05, 3.63) is 0 Å². The van der Waals surface area contributed by atoms with Crippen LogP contribution >= 0.6 is 0 Å². The topological polar surface area (TPSA) is 46.2 Å². The molecule has 0 radical (unpaired) electrons. The molecule has 2 amide bonds. The van der Waals surface area contributed by atoms with Crippen LogP contribution in [0.2, 0.25) is 0 Å². The van der Waals surface area contributed by atoms with Gasteiger partial charge in [-0.1, -0.05) is 0 Å². The molecule has 1 N–H and O–H groups in total. The third-order valence-electron chi connectivity index (χ3n) is 4.71. The van der Waals surface area contributed by atoms with E-state index in [1.807, 2.05) is 0 Å². The van der Waals surface area contributed by atoms with Crippen LogP contribution in [-0.2, 0) is 9.59 Å². The number of hydrogen-bond acceptors (Lipinski definition) is 2. The molecule has 0 aromatic heterocycles. The van der Waals surface area contributed by atoms with E-state index in [1.54, 1.807) is 0 Å². The van der Waals surface area contributed by atoms with Gasteiger partial charge in [-0.05, 0) is 56.3 Å². The minimum atomic E-state index is -0.171. The molecule has 4 bridgehead atoms. The summed E-state index contributed by atoms with van der Waals surface area (Å²) in [6.45, 7) is 0. The summed E-state index contributed by atoms with van der Waals surface area (Å²) in [7, 11) is 0. The van der Waals surface area contributed by atoms with Crippen molar-refractivity contribution >= 4 is 12.3 Å². The molecule has 3 heteroatoms. The summed E-state index contributed by atoms with van der Waals surface area (Å²) in [4.78, 5) is 22.3. The molecule has 0 aromatic carbocycles. The Morgan fingerprint density at radius 3 is 1.93 bits per heavy atom. The molecule has 0 unspecified atom stereocenters. The molecule has 4 rings (SSSR count). The van der Waals surface area contributed by atoms with E-state index in [9.17, 15) is 9.59 Å².